The Morgan fingerprint density at radius 2 is 1.39 bits per heavy atom. The minimum Gasteiger partial charge on any atom is -0.381 e. The summed E-state index contributed by atoms with van der Waals surface area (Å²) >= 11 is 5.87. The largest absolute Gasteiger partial charge is 0.381 e. The van der Waals surface area contributed by atoms with Gasteiger partial charge in [0.2, 0.25) is 0 Å². The number of rotatable bonds is 3. The maximum atomic E-state index is 10.7. The molecule has 0 aliphatic heterocycles. The van der Waals surface area contributed by atoms with Gasteiger partial charge in [0.25, 0.3) is 0 Å². The number of hydrogen-bond acceptors (Lipinski definition) is 1. The summed E-state index contributed by atoms with van der Waals surface area (Å²) in [7, 11) is 0. The molecule has 1 nitrogen and oxygen atoms in total. The third-order valence-corrected chi connectivity index (χ3v) is 3.58. The Morgan fingerprint density at radius 3 is 1.83 bits per heavy atom. The summed E-state index contributed by atoms with van der Waals surface area (Å²) in [5.41, 5.74) is 2.01. The molecule has 0 fully saturated rings. The Balaban J connectivity index is 2.37. The summed E-state index contributed by atoms with van der Waals surface area (Å²) in [6.45, 7) is 3.92. The van der Waals surface area contributed by atoms with Crippen LogP contribution in [-0.2, 0) is 12.0 Å². The Bertz CT molecular complexity index is 512. The van der Waals surface area contributed by atoms with Crippen LogP contribution in [0.4, 0.5) is 0 Å². The Hall–Kier alpha value is -1.31. The van der Waals surface area contributed by atoms with E-state index in [1.165, 1.54) is 5.56 Å². The van der Waals surface area contributed by atoms with Gasteiger partial charge in [0.15, 0.2) is 0 Å². The topological polar surface area (TPSA) is 20.2 Å². The quantitative estimate of drug-likeness (QED) is 0.879. The Kier molecular flexibility index (Phi) is 3.74. The minimum absolute atomic E-state index is 0.677. The van der Waals surface area contributed by atoms with E-state index in [9.17, 15) is 5.11 Å². The van der Waals surface area contributed by atoms with Gasteiger partial charge in [0, 0.05) is 5.02 Å². The first-order valence-corrected chi connectivity index (χ1v) is 6.49. The average Bonchev–Trinajstić information content (AvgIpc) is 2.39. The van der Waals surface area contributed by atoms with Gasteiger partial charge in [0.1, 0.15) is 5.60 Å². The maximum Gasteiger partial charge on any atom is 0.112 e. The Morgan fingerprint density at radius 1 is 0.944 bits per heavy atom. The molecule has 0 heterocycles. The SMILES string of the molecule is CCc1ccc(C(C)(O)c2ccc(Cl)cc2)cc1. The molecule has 94 valence electrons. The maximum absolute atomic E-state index is 10.7. The highest BCUT2D eigenvalue weighted by Crippen LogP contribution is 2.30. The third-order valence-electron chi connectivity index (χ3n) is 3.33. The summed E-state index contributed by atoms with van der Waals surface area (Å²) in [5.74, 6) is 0. The molecule has 0 aliphatic rings. The number of halogens is 1. The predicted molar refractivity (Wildman–Crippen MR) is 75.9 cm³/mol. The average molecular weight is 261 g/mol. The van der Waals surface area contributed by atoms with Gasteiger partial charge in [-0.1, -0.05) is 54.9 Å². The molecule has 1 atom stereocenters. The molecule has 0 aliphatic carbocycles. The van der Waals surface area contributed by atoms with Crippen LogP contribution in [0.3, 0.4) is 0 Å². The standard InChI is InChI=1S/C16H17ClO/c1-3-12-4-6-13(7-5-12)16(2,18)14-8-10-15(17)11-9-14/h4-11,18H,3H2,1-2H3. The van der Waals surface area contributed by atoms with Crippen molar-refractivity contribution in [3.8, 4) is 0 Å². The van der Waals surface area contributed by atoms with Crippen molar-refractivity contribution in [3.63, 3.8) is 0 Å². The van der Waals surface area contributed by atoms with Crippen LogP contribution in [0.5, 0.6) is 0 Å². The zero-order chi connectivity index (χ0) is 13.2. The van der Waals surface area contributed by atoms with E-state index in [1.807, 2.05) is 24.3 Å². The predicted octanol–water partition coefficient (Wildman–Crippen LogP) is 4.16. The van der Waals surface area contributed by atoms with Crippen molar-refractivity contribution in [2.24, 2.45) is 0 Å². The number of hydrogen-bond donors (Lipinski definition) is 1. The van der Waals surface area contributed by atoms with Crippen LogP contribution in [0.25, 0.3) is 0 Å². The highest BCUT2D eigenvalue weighted by molar-refractivity contribution is 6.30. The van der Waals surface area contributed by atoms with Crippen LogP contribution in [-0.4, -0.2) is 5.11 Å². The molecular weight excluding hydrogens is 244 g/mol. The molecule has 0 spiro atoms. The lowest BCUT2D eigenvalue weighted by Gasteiger charge is -2.24. The molecule has 2 aromatic carbocycles. The minimum atomic E-state index is -0.989. The summed E-state index contributed by atoms with van der Waals surface area (Å²) in [5, 5.41) is 11.3. The number of aliphatic hydroxyl groups is 1. The van der Waals surface area contributed by atoms with Crippen molar-refractivity contribution in [2.45, 2.75) is 25.9 Å². The molecule has 1 unspecified atom stereocenters. The summed E-state index contributed by atoms with van der Waals surface area (Å²) < 4.78 is 0. The first-order chi connectivity index (χ1) is 8.54. The molecule has 0 bridgehead atoms. The fraction of sp³-hybridized carbons (Fsp3) is 0.250. The van der Waals surface area contributed by atoms with Crippen LogP contribution in [0.1, 0.15) is 30.5 Å². The van der Waals surface area contributed by atoms with Gasteiger partial charge in [-0.3, -0.25) is 0 Å². The third kappa shape index (κ3) is 2.58. The van der Waals surface area contributed by atoms with Crippen LogP contribution >= 0.6 is 11.6 Å². The van der Waals surface area contributed by atoms with Crippen molar-refractivity contribution in [1.29, 1.82) is 0 Å². The van der Waals surface area contributed by atoms with Crippen molar-refractivity contribution < 1.29 is 5.11 Å². The van der Waals surface area contributed by atoms with Crippen molar-refractivity contribution in [3.05, 3.63) is 70.2 Å². The lowest BCUT2D eigenvalue weighted by molar-refractivity contribution is 0.102. The molecule has 0 saturated carbocycles. The highest BCUT2D eigenvalue weighted by Gasteiger charge is 2.25. The van der Waals surface area contributed by atoms with Crippen LogP contribution < -0.4 is 0 Å². The van der Waals surface area contributed by atoms with Gasteiger partial charge in [0.05, 0.1) is 0 Å². The van der Waals surface area contributed by atoms with E-state index in [0.29, 0.717) is 5.02 Å². The summed E-state index contributed by atoms with van der Waals surface area (Å²) in [6.07, 6.45) is 1.00. The van der Waals surface area contributed by atoms with E-state index in [2.05, 4.69) is 19.1 Å². The van der Waals surface area contributed by atoms with E-state index in [1.54, 1.807) is 19.1 Å². The highest BCUT2D eigenvalue weighted by atomic mass is 35.5. The fourth-order valence-corrected chi connectivity index (χ4v) is 2.13. The van der Waals surface area contributed by atoms with Crippen molar-refractivity contribution in [1.82, 2.24) is 0 Å². The van der Waals surface area contributed by atoms with Gasteiger partial charge < -0.3 is 5.11 Å². The first-order valence-electron chi connectivity index (χ1n) is 6.12. The molecule has 1 N–H and O–H groups in total. The Labute approximate surface area is 113 Å². The summed E-state index contributed by atoms with van der Waals surface area (Å²) in [4.78, 5) is 0. The molecule has 0 saturated heterocycles. The molecular formula is C16H17ClO. The van der Waals surface area contributed by atoms with Gasteiger partial charge >= 0.3 is 0 Å². The summed E-state index contributed by atoms with van der Waals surface area (Å²) in [6, 6.07) is 15.4. The van der Waals surface area contributed by atoms with Gasteiger partial charge in [-0.05, 0) is 42.2 Å². The zero-order valence-corrected chi connectivity index (χ0v) is 11.4. The van der Waals surface area contributed by atoms with E-state index in [-0.39, 0.29) is 0 Å². The van der Waals surface area contributed by atoms with Crippen LogP contribution in [0, 0.1) is 0 Å². The second kappa shape index (κ2) is 5.13. The second-order valence-electron chi connectivity index (χ2n) is 4.63. The number of benzene rings is 2. The first kappa shape index (κ1) is 13.1. The molecule has 2 aromatic rings. The van der Waals surface area contributed by atoms with Crippen molar-refractivity contribution in [2.75, 3.05) is 0 Å². The van der Waals surface area contributed by atoms with E-state index < -0.39 is 5.60 Å². The van der Waals surface area contributed by atoms with E-state index in [4.69, 9.17) is 11.6 Å². The molecule has 0 radical (unpaired) electrons. The smallest absolute Gasteiger partial charge is 0.112 e. The lowest BCUT2D eigenvalue weighted by Crippen LogP contribution is -2.22. The van der Waals surface area contributed by atoms with Crippen LogP contribution in [0.2, 0.25) is 5.02 Å². The zero-order valence-electron chi connectivity index (χ0n) is 10.7. The molecule has 2 rings (SSSR count). The van der Waals surface area contributed by atoms with E-state index in [0.717, 1.165) is 17.5 Å². The van der Waals surface area contributed by atoms with E-state index >= 15 is 0 Å². The van der Waals surface area contributed by atoms with Gasteiger partial charge in [-0.15, -0.1) is 0 Å². The normalized spacial score (nSPS) is 14.2. The van der Waals surface area contributed by atoms with Crippen molar-refractivity contribution >= 4 is 11.6 Å². The molecule has 0 amide bonds. The molecule has 0 aromatic heterocycles. The van der Waals surface area contributed by atoms with Gasteiger partial charge in [-0.25, -0.2) is 0 Å². The van der Waals surface area contributed by atoms with Crippen LogP contribution in [0.15, 0.2) is 48.5 Å². The fourth-order valence-electron chi connectivity index (χ4n) is 2.01. The molecule has 18 heavy (non-hydrogen) atoms. The number of aryl methyl sites for hydroxylation is 1. The van der Waals surface area contributed by atoms with Gasteiger partial charge in [-0.2, -0.15) is 0 Å². The molecule has 2 heteroatoms. The monoisotopic (exact) mass is 260 g/mol. The second-order valence-corrected chi connectivity index (χ2v) is 5.07. The lowest BCUT2D eigenvalue weighted by atomic mass is 9.88.